The molecule has 2 unspecified atom stereocenters. The molecule has 0 aromatic rings. The van der Waals surface area contributed by atoms with E-state index in [1.54, 1.807) is 0 Å². The third kappa shape index (κ3) is 31.1. The smallest absolute Gasteiger partial charge is 0.374 e. The van der Waals surface area contributed by atoms with E-state index in [0.29, 0.717) is 229 Å². The Hall–Kier alpha value is -1.89. The van der Waals surface area contributed by atoms with E-state index in [9.17, 15) is 19.2 Å². The third-order valence-corrected chi connectivity index (χ3v) is 26.9. The summed E-state index contributed by atoms with van der Waals surface area (Å²) in [7, 11) is -12.2. The maximum Gasteiger partial charge on any atom is 0.501 e. The number of nitrogens with zero attached hydrogens (tertiary/aromatic N) is 4. The van der Waals surface area contributed by atoms with Crippen molar-refractivity contribution in [3.8, 4) is 0 Å². The van der Waals surface area contributed by atoms with E-state index in [1.165, 1.54) is 0 Å². The number of nitrogens with one attached hydrogen (secondary N) is 2. The lowest BCUT2D eigenvalue weighted by Gasteiger charge is -2.45. The molecule has 0 aromatic heterocycles. The van der Waals surface area contributed by atoms with Crippen LogP contribution in [-0.4, -0.2) is 262 Å². The number of hydrogen-bond acceptors (Lipinski definition) is 18. The molecule has 28 heteroatoms. The monoisotopic (exact) mass is 1250 g/mol. The van der Waals surface area contributed by atoms with E-state index in [-0.39, 0.29) is 38.0 Å². The Morgan fingerprint density at radius 1 is 0.378 bits per heavy atom. The zero-order valence-corrected chi connectivity index (χ0v) is 57.3. The zero-order chi connectivity index (χ0) is 61.2. The van der Waals surface area contributed by atoms with Crippen LogP contribution in [0.1, 0.15) is 122 Å². The lowest BCUT2D eigenvalue weighted by atomic mass is 10.1. The lowest BCUT2D eigenvalue weighted by Crippen LogP contribution is -2.63. The largest absolute Gasteiger partial charge is 0.501 e. The standard InChI is InChI=1S/C54H116N8O16Si4/c1-13-67-79(68-14-2,69-15-3)43-25-31-57-53(65)49-61(39-29-45-81(73-19-7,74-20-8)75-21-9)37-27-33-59(47-51(55)63)35-36-60(48-52(56)64)34-28-38-62(42-41-61,40-30-46-82(76-22-10,77-23-11)78-24-12)50-54(66)58-32-26-44-80(70-16-4,71-17-5)72-18-6/h13-50H2,1-12H3,(H4-2,55,56,57,58,63,64,65,66)/p+2. The number of carbonyl (C=O) groups excluding carboxylic acids is 4. The highest BCUT2D eigenvalue weighted by Crippen LogP contribution is 2.26. The molecule has 1 saturated heterocycles. The van der Waals surface area contributed by atoms with E-state index in [0.717, 1.165) is 0 Å². The molecular formula is C54H118N8O16Si4+2. The molecule has 1 rings (SSSR count). The van der Waals surface area contributed by atoms with Gasteiger partial charge in [0.05, 0.1) is 39.3 Å². The van der Waals surface area contributed by atoms with Crippen LogP contribution in [0.2, 0.25) is 24.2 Å². The molecule has 6 N–H and O–H groups in total. The molecule has 0 aromatic carbocycles. The van der Waals surface area contributed by atoms with Gasteiger partial charge in [-0.3, -0.25) is 29.0 Å². The Morgan fingerprint density at radius 2 is 0.622 bits per heavy atom. The van der Waals surface area contributed by atoms with Crippen molar-refractivity contribution in [1.29, 1.82) is 0 Å². The first-order valence-electron chi connectivity index (χ1n) is 31.3. The third-order valence-electron chi connectivity index (χ3n) is 14.3. The summed E-state index contributed by atoms with van der Waals surface area (Å²) in [6.07, 6.45) is 3.64. The number of carbonyl (C=O) groups is 4. The lowest BCUT2D eigenvalue weighted by molar-refractivity contribution is -0.974. The number of nitrogens with two attached hydrogens (primary N) is 2. The summed E-state index contributed by atoms with van der Waals surface area (Å²) in [6.45, 7) is 34.9. The van der Waals surface area contributed by atoms with Gasteiger partial charge in [-0.15, -0.1) is 0 Å². The van der Waals surface area contributed by atoms with Crippen LogP contribution in [0.15, 0.2) is 0 Å². The molecule has 0 aliphatic carbocycles. The van der Waals surface area contributed by atoms with Gasteiger partial charge in [0, 0.05) is 168 Å². The highest BCUT2D eigenvalue weighted by molar-refractivity contribution is 6.61. The summed E-state index contributed by atoms with van der Waals surface area (Å²) >= 11 is 0. The molecule has 1 heterocycles. The van der Waals surface area contributed by atoms with E-state index >= 15 is 0 Å². The van der Waals surface area contributed by atoms with Crippen molar-refractivity contribution in [3.63, 3.8) is 0 Å². The summed E-state index contributed by atoms with van der Waals surface area (Å²) in [6, 6.07) is 2.16. The van der Waals surface area contributed by atoms with Crippen molar-refractivity contribution < 1.29 is 81.3 Å². The molecule has 0 radical (unpaired) electrons. The second kappa shape index (κ2) is 44.5. The van der Waals surface area contributed by atoms with E-state index in [1.807, 2.05) is 92.9 Å². The fourth-order valence-electron chi connectivity index (χ4n) is 11.1. The Morgan fingerprint density at radius 3 is 0.854 bits per heavy atom. The predicted molar refractivity (Wildman–Crippen MR) is 326 cm³/mol. The molecule has 1 aliphatic rings. The second-order valence-corrected chi connectivity index (χ2v) is 31.5. The maximum absolute atomic E-state index is 14.8. The van der Waals surface area contributed by atoms with Crippen LogP contribution in [-0.2, 0) is 72.3 Å². The van der Waals surface area contributed by atoms with Gasteiger partial charge in [0.1, 0.15) is 13.1 Å². The fraction of sp³-hybridized carbons (Fsp3) is 0.926. The first-order chi connectivity index (χ1) is 39.3. The Bertz CT molecular complexity index is 1530. The van der Waals surface area contributed by atoms with Gasteiger partial charge in [-0.1, -0.05) is 0 Å². The van der Waals surface area contributed by atoms with E-state index in [2.05, 4.69) is 10.6 Å². The van der Waals surface area contributed by atoms with Gasteiger partial charge in [-0.2, -0.15) is 0 Å². The number of quaternary nitrogens is 2. The van der Waals surface area contributed by atoms with Crippen molar-refractivity contribution in [2.45, 2.75) is 146 Å². The fourth-order valence-corrected chi connectivity index (χ4v) is 21.6. The predicted octanol–water partition coefficient (Wildman–Crippen LogP) is 3.97. The highest BCUT2D eigenvalue weighted by atomic mass is 28.4. The number of hydrogen-bond donors (Lipinski definition) is 4. The molecule has 82 heavy (non-hydrogen) atoms. The van der Waals surface area contributed by atoms with Gasteiger partial charge in [-0.25, -0.2) is 0 Å². The van der Waals surface area contributed by atoms with Gasteiger partial charge in [0.15, 0.2) is 13.1 Å². The van der Waals surface area contributed by atoms with Gasteiger partial charge in [0.25, 0.3) is 11.8 Å². The van der Waals surface area contributed by atoms with Crippen molar-refractivity contribution in [2.75, 3.05) is 184 Å². The molecule has 0 spiro atoms. The number of amides is 4. The molecule has 484 valence electrons. The molecule has 0 saturated carbocycles. The van der Waals surface area contributed by atoms with Crippen LogP contribution in [0.25, 0.3) is 0 Å². The summed E-state index contributed by atoms with van der Waals surface area (Å²) in [4.78, 5) is 58.9. The molecule has 0 bridgehead atoms. The van der Waals surface area contributed by atoms with Gasteiger partial charge in [0.2, 0.25) is 11.8 Å². The van der Waals surface area contributed by atoms with Crippen molar-refractivity contribution in [2.24, 2.45) is 11.5 Å². The number of primary amides is 2. The van der Waals surface area contributed by atoms with Gasteiger partial charge in [-0.05, 0) is 95.9 Å². The first-order valence-corrected chi connectivity index (χ1v) is 39.0. The van der Waals surface area contributed by atoms with Crippen LogP contribution >= 0.6 is 0 Å². The maximum atomic E-state index is 14.8. The Balaban J connectivity index is 4.21. The van der Waals surface area contributed by atoms with E-state index in [4.69, 9.17) is 64.6 Å². The van der Waals surface area contributed by atoms with Crippen LogP contribution in [0, 0.1) is 0 Å². The van der Waals surface area contributed by atoms with E-state index < -0.39 is 47.0 Å². The minimum absolute atomic E-state index is 0.0311. The molecule has 1 aliphatic heterocycles. The molecular weight excluding hydrogens is 1130 g/mol. The summed E-state index contributed by atoms with van der Waals surface area (Å²) < 4.78 is 75.9. The van der Waals surface area contributed by atoms with Crippen molar-refractivity contribution >= 4 is 58.8 Å². The molecule has 1 fully saturated rings. The molecule has 4 amide bonds. The highest BCUT2D eigenvalue weighted by Gasteiger charge is 2.46. The zero-order valence-electron chi connectivity index (χ0n) is 53.3. The average molecular weight is 1250 g/mol. The van der Waals surface area contributed by atoms with Crippen LogP contribution < -0.4 is 22.1 Å². The Kier molecular flexibility index (Phi) is 42.4. The van der Waals surface area contributed by atoms with Crippen LogP contribution in [0.3, 0.4) is 0 Å². The SMILES string of the molecule is CCO[Si](CCCNC(=O)C[N+]1(CCC[Si](OCC)(OCC)OCC)CCCN(CC(N)=O)CCN(CC(N)=O)CCC[N+](CCC[Si](OCC)(OCC)OCC)(CC(=O)NCCC[Si](OCC)(OCC)OCC)CC1)(OCC)OCC. The molecule has 24 nitrogen and oxygen atoms in total. The summed E-state index contributed by atoms with van der Waals surface area (Å²) in [5, 5.41) is 6.55. The quantitative estimate of drug-likeness (QED) is 0.0382. The number of rotatable bonds is 48. The average Bonchev–Trinajstić information content (AvgIpc) is 3.58. The topological polar surface area (TPSA) is 262 Å². The minimum atomic E-state index is -3.13. The van der Waals surface area contributed by atoms with Crippen molar-refractivity contribution in [3.05, 3.63) is 0 Å². The van der Waals surface area contributed by atoms with Gasteiger partial charge >= 0.3 is 35.2 Å². The molecule has 2 atom stereocenters. The normalized spacial score (nSPS) is 18.8. The summed E-state index contributed by atoms with van der Waals surface area (Å²) in [5.41, 5.74) is 11.7. The second-order valence-electron chi connectivity index (χ2n) is 20.6. The van der Waals surface area contributed by atoms with Crippen LogP contribution in [0.4, 0.5) is 0 Å². The van der Waals surface area contributed by atoms with Gasteiger partial charge < -0.3 is 84.2 Å². The van der Waals surface area contributed by atoms with Crippen molar-refractivity contribution in [1.82, 2.24) is 20.4 Å². The minimum Gasteiger partial charge on any atom is -0.374 e. The Labute approximate surface area is 499 Å². The summed E-state index contributed by atoms with van der Waals surface area (Å²) in [5.74, 6) is -1.14. The van der Waals surface area contributed by atoms with Crippen LogP contribution in [0.5, 0.6) is 0 Å². The first kappa shape index (κ1) is 78.1.